The molecule has 2 aromatic rings. The van der Waals surface area contributed by atoms with E-state index in [4.69, 9.17) is 0 Å². The molecule has 104 valence electrons. The molecule has 0 aliphatic rings. The quantitative estimate of drug-likeness (QED) is 0.802. The fourth-order valence-electron chi connectivity index (χ4n) is 1.85. The lowest BCUT2D eigenvalue weighted by molar-refractivity contribution is 0.249. The van der Waals surface area contributed by atoms with E-state index in [1.165, 1.54) is 9.75 Å². The molecule has 1 atom stereocenters. The van der Waals surface area contributed by atoms with Crippen LogP contribution in [0, 0.1) is 11.3 Å². The van der Waals surface area contributed by atoms with Crippen LogP contribution < -0.4 is 5.32 Å². The third-order valence-corrected chi connectivity index (χ3v) is 5.64. The first-order chi connectivity index (χ1) is 8.98. The van der Waals surface area contributed by atoms with E-state index in [1.54, 1.807) is 0 Å². The van der Waals surface area contributed by atoms with Gasteiger partial charge in [0.2, 0.25) is 0 Å². The highest BCUT2D eigenvalue weighted by Crippen LogP contribution is 2.31. The van der Waals surface area contributed by atoms with E-state index in [0.717, 1.165) is 6.54 Å². The van der Waals surface area contributed by atoms with Crippen molar-refractivity contribution in [2.75, 3.05) is 6.54 Å². The van der Waals surface area contributed by atoms with Gasteiger partial charge in [-0.1, -0.05) is 39.8 Å². The van der Waals surface area contributed by atoms with Crippen LogP contribution in [0.5, 0.6) is 0 Å². The normalized spacial score (nSPS) is 13.9. The SMILES string of the molecule is CC(CNC(c1cccs1)c1cccs1)C(C)(C)C. The van der Waals surface area contributed by atoms with Gasteiger partial charge >= 0.3 is 0 Å². The Hall–Kier alpha value is -0.640. The van der Waals surface area contributed by atoms with Crippen LogP contribution in [-0.4, -0.2) is 6.54 Å². The average Bonchev–Trinajstić information content (AvgIpc) is 3.00. The maximum atomic E-state index is 3.75. The summed E-state index contributed by atoms with van der Waals surface area (Å²) < 4.78 is 0. The number of nitrogens with one attached hydrogen (secondary N) is 1. The predicted octanol–water partition coefficient (Wildman–Crippen LogP) is 5.17. The van der Waals surface area contributed by atoms with Crippen LogP contribution in [0.15, 0.2) is 35.0 Å². The molecule has 0 spiro atoms. The molecule has 19 heavy (non-hydrogen) atoms. The highest BCUT2D eigenvalue weighted by Gasteiger charge is 2.22. The molecular formula is C16H23NS2. The van der Waals surface area contributed by atoms with Gasteiger partial charge in [0.1, 0.15) is 0 Å². The molecule has 0 saturated carbocycles. The second-order valence-electron chi connectivity index (χ2n) is 6.14. The maximum absolute atomic E-state index is 3.75. The van der Waals surface area contributed by atoms with Gasteiger partial charge in [-0.15, -0.1) is 22.7 Å². The van der Waals surface area contributed by atoms with Crippen LogP contribution in [0.4, 0.5) is 0 Å². The number of hydrogen-bond acceptors (Lipinski definition) is 3. The summed E-state index contributed by atoms with van der Waals surface area (Å²) in [5.74, 6) is 0.648. The van der Waals surface area contributed by atoms with Gasteiger partial charge in [0.25, 0.3) is 0 Å². The van der Waals surface area contributed by atoms with Gasteiger partial charge in [0.05, 0.1) is 6.04 Å². The van der Waals surface area contributed by atoms with Gasteiger partial charge in [-0.2, -0.15) is 0 Å². The molecule has 1 unspecified atom stereocenters. The Morgan fingerprint density at radius 3 is 1.95 bits per heavy atom. The average molecular weight is 294 g/mol. The zero-order valence-corrected chi connectivity index (χ0v) is 13.8. The molecule has 1 N–H and O–H groups in total. The third kappa shape index (κ3) is 3.91. The van der Waals surface area contributed by atoms with E-state index in [2.05, 4.69) is 68.0 Å². The summed E-state index contributed by atoms with van der Waals surface area (Å²) in [6, 6.07) is 9.07. The fourth-order valence-corrected chi connectivity index (χ4v) is 3.56. The Morgan fingerprint density at radius 2 is 1.58 bits per heavy atom. The summed E-state index contributed by atoms with van der Waals surface area (Å²) >= 11 is 3.67. The Bertz CT molecular complexity index is 431. The molecule has 2 heterocycles. The first kappa shape index (κ1) is 14.8. The Balaban J connectivity index is 2.08. The smallest absolute Gasteiger partial charge is 0.0764 e. The zero-order chi connectivity index (χ0) is 13.9. The number of thiophene rings is 2. The van der Waals surface area contributed by atoms with Crippen molar-refractivity contribution in [1.82, 2.24) is 5.32 Å². The first-order valence-electron chi connectivity index (χ1n) is 6.78. The first-order valence-corrected chi connectivity index (χ1v) is 8.54. The molecular weight excluding hydrogens is 270 g/mol. The summed E-state index contributed by atoms with van der Waals surface area (Å²) in [7, 11) is 0. The summed E-state index contributed by atoms with van der Waals surface area (Å²) in [4.78, 5) is 2.81. The van der Waals surface area contributed by atoms with Gasteiger partial charge in [-0.05, 0) is 40.8 Å². The Kier molecular flexibility index (Phi) is 4.82. The van der Waals surface area contributed by atoms with Gasteiger partial charge in [-0.3, -0.25) is 0 Å². The molecule has 2 aromatic heterocycles. The van der Waals surface area contributed by atoms with Crippen LogP contribution in [0.25, 0.3) is 0 Å². The van der Waals surface area contributed by atoms with Crippen LogP contribution in [-0.2, 0) is 0 Å². The minimum absolute atomic E-state index is 0.350. The van der Waals surface area contributed by atoms with Crippen LogP contribution in [0.3, 0.4) is 0 Å². The number of hydrogen-bond donors (Lipinski definition) is 1. The van der Waals surface area contributed by atoms with E-state index in [1.807, 2.05) is 22.7 Å². The maximum Gasteiger partial charge on any atom is 0.0764 e. The van der Waals surface area contributed by atoms with Crippen molar-refractivity contribution < 1.29 is 0 Å². The molecule has 0 radical (unpaired) electrons. The molecule has 3 heteroatoms. The summed E-state index contributed by atoms with van der Waals surface area (Å²) in [5.41, 5.74) is 0.350. The van der Waals surface area contributed by atoms with Crippen molar-refractivity contribution in [3.8, 4) is 0 Å². The van der Waals surface area contributed by atoms with Gasteiger partial charge in [-0.25, -0.2) is 0 Å². The molecule has 0 bridgehead atoms. The highest BCUT2D eigenvalue weighted by molar-refractivity contribution is 7.11. The molecule has 0 fully saturated rings. The van der Waals surface area contributed by atoms with Crippen molar-refractivity contribution in [3.05, 3.63) is 44.8 Å². The number of rotatable bonds is 5. The van der Waals surface area contributed by atoms with Crippen molar-refractivity contribution in [2.24, 2.45) is 11.3 Å². The van der Waals surface area contributed by atoms with Crippen molar-refractivity contribution in [2.45, 2.75) is 33.7 Å². The summed E-state index contributed by atoms with van der Waals surface area (Å²) in [6.07, 6.45) is 0. The van der Waals surface area contributed by atoms with Crippen LogP contribution >= 0.6 is 22.7 Å². The molecule has 0 aliphatic heterocycles. The topological polar surface area (TPSA) is 12.0 Å². The molecule has 1 nitrogen and oxygen atoms in total. The van der Waals surface area contributed by atoms with Crippen molar-refractivity contribution in [1.29, 1.82) is 0 Å². The monoisotopic (exact) mass is 293 g/mol. The van der Waals surface area contributed by atoms with Gasteiger partial charge in [0, 0.05) is 9.75 Å². The Morgan fingerprint density at radius 1 is 1.05 bits per heavy atom. The Labute approximate surface area is 124 Å². The van der Waals surface area contributed by atoms with Gasteiger partial charge < -0.3 is 5.32 Å². The fraction of sp³-hybridized carbons (Fsp3) is 0.500. The van der Waals surface area contributed by atoms with E-state index in [9.17, 15) is 0 Å². The zero-order valence-electron chi connectivity index (χ0n) is 12.1. The molecule has 0 saturated heterocycles. The van der Waals surface area contributed by atoms with E-state index in [-0.39, 0.29) is 0 Å². The van der Waals surface area contributed by atoms with E-state index < -0.39 is 0 Å². The second kappa shape index (κ2) is 6.21. The minimum atomic E-state index is 0.350. The highest BCUT2D eigenvalue weighted by atomic mass is 32.1. The third-order valence-electron chi connectivity index (χ3n) is 3.76. The molecule has 0 amide bonds. The van der Waals surface area contributed by atoms with Crippen LogP contribution in [0.1, 0.15) is 43.5 Å². The summed E-state index contributed by atoms with van der Waals surface area (Å²) in [6.45, 7) is 10.3. The minimum Gasteiger partial charge on any atom is -0.305 e. The largest absolute Gasteiger partial charge is 0.305 e. The second-order valence-corrected chi connectivity index (χ2v) is 8.10. The van der Waals surface area contributed by atoms with Crippen molar-refractivity contribution >= 4 is 22.7 Å². The standard InChI is InChI=1S/C16H23NS2/c1-12(16(2,3)4)11-17-15(13-7-5-9-18-13)14-8-6-10-19-14/h5-10,12,15,17H,11H2,1-4H3. The lowest BCUT2D eigenvalue weighted by atomic mass is 9.82. The molecule has 2 rings (SSSR count). The van der Waals surface area contributed by atoms with Crippen molar-refractivity contribution in [3.63, 3.8) is 0 Å². The van der Waals surface area contributed by atoms with Crippen LogP contribution in [0.2, 0.25) is 0 Å². The summed E-state index contributed by atoms with van der Waals surface area (Å²) in [5, 5.41) is 8.07. The lowest BCUT2D eigenvalue weighted by Gasteiger charge is -2.29. The van der Waals surface area contributed by atoms with Gasteiger partial charge in [0.15, 0.2) is 0 Å². The molecule has 0 aromatic carbocycles. The molecule has 0 aliphatic carbocycles. The predicted molar refractivity (Wildman–Crippen MR) is 87.1 cm³/mol. The van der Waals surface area contributed by atoms with E-state index >= 15 is 0 Å². The lowest BCUT2D eigenvalue weighted by Crippen LogP contribution is -2.32. The van der Waals surface area contributed by atoms with E-state index in [0.29, 0.717) is 17.4 Å².